The zero-order chi connectivity index (χ0) is 17.3. The van der Waals surface area contributed by atoms with Crippen LogP contribution in [-0.4, -0.2) is 39.2 Å². The molecule has 2 saturated carbocycles. The average Bonchev–Trinajstić information content (AvgIpc) is 3.04. The number of carbonyl (C=O) groups is 1. The van der Waals surface area contributed by atoms with E-state index in [1.165, 1.54) is 12.6 Å². The predicted octanol–water partition coefficient (Wildman–Crippen LogP) is 2.73. The van der Waals surface area contributed by atoms with Gasteiger partial charge in [-0.2, -0.15) is 0 Å². The Kier molecular flexibility index (Phi) is 4.37. The Balaban J connectivity index is 1.28. The fourth-order valence-corrected chi connectivity index (χ4v) is 4.08. The SMILES string of the molecule is CSc1ccnc(NC2CC23CCC(NC(=O)c2cnco2)CC3)n1. The number of hydrogen-bond acceptors (Lipinski definition) is 7. The zero-order valence-corrected chi connectivity index (χ0v) is 14.9. The lowest BCUT2D eigenvalue weighted by atomic mass is 9.82. The summed E-state index contributed by atoms with van der Waals surface area (Å²) >= 11 is 1.62. The van der Waals surface area contributed by atoms with Gasteiger partial charge in [0.1, 0.15) is 5.03 Å². The van der Waals surface area contributed by atoms with E-state index in [4.69, 9.17) is 4.42 Å². The lowest BCUT2D eigenvalue weighted by molar-refractivity contribution is 0.0891. The molecule has 0 saturated heterocycles. The normalized spacial score (nSPS) is 27.9. The first-order valence-corrected chi connectivity index (χ1v) is 9.74. The van der Waals surface area contributed by atoms with E-state index in [2.05, 4.69) is 25.6 Å². The third-order valence-corrected chi connectivity index (χ3v) is 5.95. The van der Waals surface area contributed by atoms with Gasteiger partial charge in [-0.25, -0.2) is 15.0 Å². The summed E-state index contributed by atoms with van der Waals surface area (Å²) in [6.07, 6.45) is 11.9. The number of hydrogen-bond donors (Lipinski definition) is 2. The van der Waals surface area contributed by atoms with E-state index in [0.29, 0.717) is 11.5 Å². The van der Waals surface area contributed by atoms with Crippen molar-refractivity contribution in [1.82, 2.24) is 20.3 Å². The van der Waals surface area contributed by atoms with Crippen LogP contribution in [0.3, 0.4) is 0 Å². The molecule has 2 heterocycles. The van der Waals surface area contributed by atoms with Crippen molar-refractivity contribution in [1.29, 1.82) is 0 Å². The van der Waals surface area contributed by atoms with Crippen molar-refractivity contribution in [3.63, 3.8) is 0 Å². The summed E-state index contributed by atoms with van der Waals surface area (Å²) in [7, 11) is 0. The molecule has 1 amide bonds. The van der Waals surface area contributed by atoms with Crippen molar-refractivity contribution < 1.29 is 9.21 Å². The third-order valence-electron chi connectivity index (χ3n) is 5.30. The van der Waals surface area contributed by atoms with Crippen molar-refractivity contribution >= 4 is 23.6 Å². The quantitative estimate of drug-likeness (QED) is 0.626. The molecule has 2 aliphatic rings. The summed E-state index contributed by atoms with van der Waals surface area (Å²) in [6.45, 7) is 0. The van der Waals surface area contributed by atoms with Crippen LogP contribution in [0.15, 0.2) is 34.3 Å². The number of nitrogens with one attached hydrogen (secondary N) is 2. The molecule has 0 aromatic carbocycles. The highest BCUT2D eigenvalue weighted by Gasteiger charge is 2.55. The van der Waals surface area contributed by atoms with E-state index < -0.39 is 0 Å². The van der Waals surface area contributed by atoms with Crippen molar-refractivity contribution in [2.24, 2.45) is 5.41 Å². The predicted molar refractivity (Wildman–Crippen MR) is 94.5 cm³/mol. The van der Waals surface area contributed by atoms with E-state index in [9.17, 15) is 4.79 Å². The van der Waals surface area contributed by atoms with Gasteiger partial charge in [0.05, 0.1) is 6.20 Å². The Hall–Kier alpha value is -2.09. The Bertz CT molecular complexity index is 743. The monoisotopic (exact) mass is 359 g/mol. The summed E-state index contributed by atoms with van der Waals surface area (Å²) in [5, 5.41) is 7.51. The molecule has 2 aromatic heterocycles. The van der Waals surface area contributed by atoms with E-state index in [1.54, 1.807) is 18.0 Å². The Morgan fingerprint density at radius 2 is 2.24 bits per heavy atom. The second kappa shape index (κ2) is 6.67. The van der Waals surface area contributed by atoms with Crippen LogP contribution < -0.4 is 10.6 Å². The fraction of sp³-hybridized carbons (Fsp3) is 0.529. The van der Waals surface area contributed by atoms with Gasteiger partial charge in [-0.3, -0.25) is 4.79 Å². The Morgan fingerprint density at radius 3 is 2.96 bits per heavy atom. The van der Waals surface area contributed by atoms with Crippen LogP contribution in [0.4, 0.5) is 5.95 Å². The van der Waals surface area contributed by atoms with Crippen molar-refractivity contribution in [2.45, 2.75) is 49.2 Å². The minimum atomic E-state index is -0.175. The molecule has 0 radical (unpaired) electrons. The number of thioether (sulfide) groups is 1. The first-order chi connectivity index (χ1) is 12.2. The van der Waals surface area contributed by atoms with Crippen LogP contribution in [-0.2, 0) is 0 Å². The molecule has 25 heavy (non-hydrogen) atoms. The zero-order valence-electron chi connectivity index (χ0n) is 14.1. The molecule has 8 heteroatoms. The molecular weight excluding hydrogens is 338 g/mol. The smallest absolute Gasteiger partial charge is 0.288 e. The van der Waals surface area contributed by atoms with E-state index in [-0.39, 0.29) is 17.7 Å². The Morgan fingerprint density at radius 1 is 1.40 bits per heavy atom. The van der Waals surface area contributed by atoms with E-state index >= 15 is 0 Å². The van der Waals surface area contributed by atoms with E-state index in [1.807, 2.05) is 12.3 Å². The summed E-state index contributed by atoms with van der Waals surface area (Å²) in [5.41, 5.74) is 0.339. The molecule has 0 aliphatic heterocycles. The van der Waals surface area contributed by atoms with Gasteiger partial charge >= 0.3 is 0 Å². The van der Waals surface area contributed by atoms with Crippen LogP contribution in [0, 0.1) is 5.41 Å². The average molecular weight is 359 g/mol. The number of carbonyl (C=O) groups excluding carboxylic acids is 1. The first kappa shape index (κ1) is 16.4. The summed E-state index contributed by atoms with van der Waals surface area (Å²) in [4.78, 5) is 24.6. The fourth-order valence-electron chi connectivity index (χ4n) is 3.71. The number of amides is 1. The van der Waals surface area contributed by atoms with Crippen molar-refractivity contribution in [3.8, 4) is 0 Å². The van der Waals surface area contributed by atoms with E-state index in [0.717, 1.165) is 43.1 Å². The van der Waals surface area contributed by atoms with Gasteiger partial charge in [-0.1, -0.05) is 0 Å². The van der Waals surface area contributed by atoms with Gasteiger partial charge in [0.2, 0.25) is 11.7 Å². The summed E-state index contributed by atoms with van der Waals surface area (Å²) in [5.74, 6) is 0.817. The number of aromatic nitrogens is 3. The second-order valence-electron chi connectivity index (χ2n) is 6.80. The molecule has 1 unspecified atom stereocenters. The number of rotatable bonds is 5. The molecule has 2 N–H and O–H groups in total. The van der Waals surface area contributed by atoms with Crippen LogP contribution in [0.2, 0.25) is 0 Å². The molecule has 1 spiro atoms. The first-order valence-electron chi connectivity index (χ1n) is 8.51. The second-order valence-corrected chi connectivity index (χ2v) is 7.63. The third kappa shape index (κ3) is 3.49. The molecule has 2 fully saturated rings. The maximum absolute atomic E-state index is 12.0. The topological polar surface area (TPSA) is 92.9 Å². The molecule has 132 valence electrons. The molecule has 2 aromatic rings. The highest BCUT2D eigenvalue weighted by atomic mass is 32.2. The minimum absolute atomic E-state index is 0.175. The van der Waals surface area contributed by atoms with Gasteiger partial charge in [0.25, 0.3) is 5.91 Å². The maximum Gasteiger partial charge on any atom is 0.288 e. The Labute approximate surface area is 150 Å². The molecule has 4 rings (SSSR count). The van der Waals surface area contributed by atoms with Crippen LogP contribution >= 0.6 is 11.8 Å². The summed E-state index contributed by atoms with van der Waals surface area (Å²) < 4.78 is 5.04. The highest BCUT2D eigenvalue weighted by molar-refractivity contribution is 7.98. The maximum atomic E-state index is 12.0. The molecule has 2 aliphatic carbocycles. The van der Waals surface area contributed by atoms with Gasteiger partial charge in [0, 0.05) is 18.3 Å². The molecule has 0 bridgehead atoms. The van der Waals surface area contributed by atoms with Crippen LogP contribution in [0.1, 0.15) is 42.7 Å². The van der Waals surface area contributed by atoms with Gasteiger partial charge < -0.3 is 15.1 Å². The molecular formula is C17H21N5O2S. The van der Waals surface area contributed by atoms with Crippen LogP contribution in [0.25, 0.3) is 0 Å². The lowest BCUT2D eigenvalue weighted by Gasteiger charge is -2.29. The molecule has 7 nitrogen and oxygen atoms in total. The van der Waals surface area contributed by atoms with Gasteiger partial charge in [-0.15, -0.1) is 11.8 Å². The van der Waals surface area contributed by atoms with Crippen molar-refractivity contribution in [2.75, 3.05) is 11.6 Å². The number of nitrogens with zero attached hydrogens (tertiary/aromatic N) is 3. The van der Waals surface area contributed by atoms with Gasteiger partial charge in [0.15, 0.2) is 6.39 Å². The highest BCUT2D eigenvalue weighted by Crippen LogP contribution is 2.57. The minimum Gasteiger partial charge on any atom is -0.438 e. The summed E-state index contributed by atoms with van der Waals surface area (Å²) in [6, 6.07) is 2.57. The van der Waals surface area contributed by atoms with Crippen molar-refractivity contribution in [3.05, 3.63) is 30.6 Å². The number of oxazole rings is 1. The number of anilines is 1. The standard InChI is InChI=1S/C17H21N5O2S/c1-25-14-4-7-19-16(22-14)21-13-8-17(13)5-2-11(3-6-17)20-15(23)12-9-18-10-24-12/h4,7,9-11,13H,2-3,5-6,8H2,1H3,(H,20,23)(H,19,21,22). The largest absolute Gasteiger partial charge is 0.438 e. The molecule has 1 atom stereocenters. The van der Waals surface area contributed by atoms with Gasteiger partial charge in [-0.05, 0) is 49.8 Å². The lowest BCUT2D eigenvalue weighted by Crippen LogP contribution is -2.38. The van der Waals surface area contributed by atoms with Crippen LogP contribution in [0.5, 0.6) is 0 Å².